The lowest BCUT2D eigenvalue weighted by Crippen LogP contribution is -2.21. The highest BCUT2D eigenvalue weighted by Crippen LogP contribution is 2.19. The Labute approximate surface area is 147 Å². The van der Waals surface area contributed by atoms with E-state index >= 15 is 0 Å². The summed E-state index contributed by atoms with van der Waals surface area (Å²) in [5.74, 6) is -0.150. The van der Waals surface area contributed by atoms with Crippen LogP contribution >= 0.6 is 0 Å². The number of nitrogens with one attached hydrogen (secondary N) is 1. The van der Waals surface area contributed by atoms with E-state index in [-0.39, 0.29) is 5.91 Å². The van der Waals surface area contributed by atoms with Crippen LogP contribution in [0.15, 0.2) is 42.5 Å². The standard InChI is InChI=1S/C19H23N5O/c1-4-23(5-2)16-10-8-15(9-11-16)20-19(25)14-7-12-18-17(13-14)21-22-24(18)6-3/h7-13H,4-6H2,1-3H3,(H,20,25). The summed E-state index contributed by atoms with van der Waals surface area (Å²) in [6.45, 7) is 8.94. The maximum absolute atomic E-state index is 12.5. The first kappa shape index (κ1) is 17.0. The molecular weight excluding hydrogens is 314 g/mol. The third-order valence-corrected chi connectivity index (χ3v) is 4.33. The molecule has 0 saturated heterocycles. The average Bonchev–Trinajstić information content (AvgIpc) is 3.06. The number of aryl methyl sites for hydroxylation is 1. The molecule has 0 fully saturated rings. The zero-order valence-corrected chi connectivity index (χ0v) is 14.9. The van der Waals surface area contributed by atoms with Crippen molar-refractivity contribution in [2.45, 2.75) is 27.3 Å². The van der Waals surface area contributed by atoms with Crippen molar-refractivity contribution in [1.29, 1.82) is 0 Å². The van der Waals surface area contributed by atoms with E-state index in [0.29, 0.717) is 5.56 Å². The van der Waals surface area contributed by atoms with E-state index in [1.165, 1.54) is 0 Å². The van der Waals surface area contributed by atoms with Crippen molar-refractivity contribution in [3.63, 3.8) is 0 Å². The predicted molar refractivity (Wildman–Crippen MR) is 101 cm³/mol. The van der Waals surface area contributed by atoms with Crippen LogP contribution in [0, 0.1) is 0 Å². The molecule has 0 unspecified atom stereocenters. The van der Waals surface area contributed by atoms with Crippen LogP contribution in [0.5, 0.6) is 0 Å². The molecule has 0 spiro atoms. The van der Waals surface area contributed by atoms with Gasteiger partial charge in [0.25, 0.3) is 5.91 Å². The topological polar surface area (TPSA) is 63.1 Å². The van der Waals surface area contributed by atoms with Gasteiger partial charge in [0.2, 0.25) is 0 Å². The largest absolute Gasteiger partial charge is 0.372 e. The molecule has 1 aromatic heterocycles. The zero-order valence-electron chi connectivity index (χ0n) is 14.9. The number of amides is 1. The highest BCUT2D eigenvalue weighted by Gasteiger charge is 2.10. The van der Waals surface area contributed by atoms with Gasteiger partial charge in [-0.1, -0.05) is 5.21 Å². The van der Waals surface area contributed by atoms with Crippen LogP contribution in [0.1, 0.15) is 31.1 Å². The molecule has 1 heterocycles. The van der Waals surface area contributed by atoms with Gasteiger partial charge in [-0.15, -0.1) is 5.10 Å². The molecule has 0 radical (unpaired) electrons. The van der Waals surface area contributed by atoms with E-state index in [1.807, 2.05) is 41.9 Å². The van der Waals surface area contributed by atoms with Gasteiger partial charge in [-0.05, 0) is 63.2 Å². The van der Waals surface area contributed by atoms with Gasteiger partial charge in [-0.3, -0.25) is 4.79 Å². The number of hydrogen-bond acceptors (Lipinski definition) is 4. The summed E-state index contributed by atoms with van der Waals surface area (Å²) >= 11 is 0. The molecule has 130 valence electrons. The lowest BCUT2D eigenvalue weighted by molar-refractivity contribution is 0.102. The van der Waals surface area contributed by atoms with Gasteiger partial charge in [-0.25, -0.2) is 4.68 Å². The first-order valence-corrected chi connectivity index (χ1v) is 8.65. The van der Waals surface area contributed by atoms with Crippen molar-refractivity contribution in [1.82, 2.24) is 15.0 Å². The quantitative estimate of drug-likeness (QED) is 0.747. The van der Waals surface area contributed by atoms with Crippen LogP contribution in [0.2, 0.25) is 0 Å². The summed E-state index contributed by atoms with van der Waals surface area (Å²) in [5.41, 5.74) is 4.16. The molecule has 0 saturated carbocycles. The zero-order chi connectivity index (χ0) is 17.8. The molecule has 0 atom stereocenters. The van der Waals surface area contributed by atoms with Gasteiger partial charge < -0.3 is 10.2 Å². The average molecular weight is 337 g/mol. The molecular formula is C19H23N5O. The van der Waals surface area contributed by atoms with E-state index < -0.39 is 0 Å². The van der Waals surface area contributed by atoms with Gasteiger partial charge in [-0.2, -0.15) is 0 Å². The molecule has 1 N–H and O–H groups in total. The number of anilines is 2. The minimum atomic E-state index is -0.150. The second-order valence-corrected chi connectivity index (χ2v) is 5.78. The number of nitrogens with zero attached hydrogens (tertiary/aromatic N) is 4. The predicted octanol–water partition coefficient (Wildman–Crippen LogP) is 3.55. The van der Waals surface area contributed by atoms with E-state index in [1.54, 1.807) is 12.1 Å². The number of fused-ring (bicyclic) bond motifs is 1. The number of carbonyl (C=O) groups is 1. The van der Waals surface area contributed by atoms with E-state index in [0.717, 1.165) is 42.0 Å². The SMILES string of the molecule is CCN(CC)c1ccc(NC(=O)c2ccc3c(c2)nnn3CC)cc1. The number of benzene rings is 2. The Kier molecular flexibility index (Phi) is 4.97. The smallest absolute Gasteiger partial charge is 0.255 e. The second-order valence-electron chi connectivity index (χ2n) is 5.78. The van der Waals surface area contributed by atoms with Crippen LogP contribution < -0.4 is 10.2 Å². The van der Waals surface area contributed by atoms with Crippen LogP contribution in [-0.4, -0.2) is 34.0 Å². The number of aromatic nitrogens is 3. The third-order valence-electron chi connectivity index (χ3n) is 4.33. The minimum absolute atomic E-state index is 0.150. The van der Waals surface area contributed by atoms with Crippen molar-refractivity contribution in [3.8, 4) is 0 Å². The Hall–Kier alpha value is -2.89. The summed E-state index contributed by atoms with van der Waals surface area (Å²) in [5, 5.41) is 11.1. The maximum Gasteiger partial charge on any atom is 0.255 e. The molecule has 25 heavy (non-hydrogen) atoms. The van der Waals surface area contributed by atoms with E-state index in [2.05, 4.69) is 34.4 Å². The van der Waals surface area contributed by atoms with E-state index in [9.17, 15) is 4.79 Å². The Balaban J connectivity index is 1.75. The van der Waals surface area contributed by atoms with Crippen LogP contribution in [0.25, 0.3) is 11.0 Å². The molecule has 6 nitrogen and oxygen atoms in total. The second kappa shape index (κ2) is 7.34. The highest BCUT2D eigenvalue weighted by atomic mass is 16.1. The molecule has 0 bridgehead atoms. The lowest BCUT2D eigenvalue weighted by atomic mass is 10.1. The summed E-state index contributed by atoms with van der Waals surface area (Å²) in [6, 6.07) is 13.4. The van der Waals surface area contributed by atoms with Gasteiger partial charge in [0.15, 0.2) is 0 Å². The molecule has 3 rings (SSSR count). The van der Waals surface area contributed by atoms with Crippen LogP contribution in [0.3, 0.4) is 0 Å². The van der Waals surface area contributed by atoms with Crippen molar-refractivity contribution < 1.29 is 4.79 Å². The van der Waals surface area contributed by atoms with Crippen molar-refractivity contribution in [2.24, 2.45) is 0 Å². The normalized spacial score (nSPS) is 10.8. The first-order chi connectivity index (χ1) is 12.2. The van der Waals surface area contributed by atoms with Gasteiger partial charge in [0, 0.05) is 36.6 Å². The minimum Gasteiger partial charge on any atom is -0.372 e. The Morgan fingerprint density at radius 3 is 2.44 bits per heavy atom. The molecule has 3 aromatic rings. The summed E-state index contributed by atoms with van der Waals surface area (Å²) in [6.07, 6.45) is 0. The molecule has 0 aliphatic rings. The first-order valence-electron chi connectivity index (χ1n) is 8.65. The summed E-state index contributed by atoms with van der Waals surface area (Å²) < 4.78 is 1.81. The fourth-order valence-electron chi connectivity index (χ4n) is 2.89. The summed E-state index contributed by atoms with van der Waals surface area (Å²) in [4.78, 5) is 14.7. The van der Waals surface area contributed by atoms with E-state index in [4.69, 9.17) is 0 Å². The number of carbonyl (C=O) groups excluding carboxylic acids is 1. The number of rotatable bonds is 6. The highest BCUT2D eigenvalue weighted by molar-refractivity contribution is 6.05. The van der Waals surface area contributed by atoms with Gasteiger partial charge in [0.1, 0.15) is 5.52 Å². The fraction of sp³-hybridized carbons (Fsp3) is 0.316. The van der Waals surface area contributed by atoms with Crippen LogP contribution in [-0.2, 0) is 6.54 Å². The maximum atomic E-state index is 12.5. The molecule has 0 aliphatic carbocycles. The Bertz CT molecular complexity index is 865. The van der Waals surface area contributed by atoms with Crippen LogP contribution in [0.4, 0.5) is 11.4 Å². The summed E-state index contributed by atoms with van der Waals surface area (Å²) in [7, 11) is 0. The lowest BCUT2D eigenvalue weighted by Gasteiger charge is -2.21. The van der Waals surface area contributed by atoms with Crippen molar-refractivity contribution in [2.75, 3.05) is 23.3 Å². The van der Waals surface area contributed by atoms with Crippen molar-refractivity contribution in [3.05, 3.63) is 48.0 Å². The molecule has 1 amide bonds. The molecule has 0 aliphatic heterocycles. The van der Waals surface area contributed by atoms with Crippen molar-refractivity contribution >= 4 is 28.3 Å². The van der Waals surface area contributed by atoms with Gasteiger partial charge in [0.05, 0.1) is 5.52 Å². The molecule has 2 aromatic carbocycles. The Morgan fingerprint density at radius 1 is 1.08 bits per heavy atom. The fourth-order valence-corrected chi connectivity index (χ4v) is 2.89. The van der Waals surface area contributed by atoms with Gasteiger partial charge >= 0.3 is 0 Å². The monoisotopic (exact) mass is 337 g/mol. The Morgan fingerprint density at radius 2 is 1.80 bits per heavy atom. The third kappa shape index (κ3) is 3.47. The molecule has 6 heteroatoms. The number of hydrogen-bond donors (Lipinski definition) is 1.